The first-order chi connectivity index (χ1) is 9.54. The molecule has 1 aromatic carbocycles. The topological polar surface area (TPSA) is 46.5 Å². The molecule has 0 saturated heterocycles. The number of rotatable bonds is 5. The van der Waals surface area contributed by atoms with E-state index in [1.54, 1.807) is 12.1 Å². The molecule has 0 fully saturated rings. The van der Waals surface area contributed by atoms with Gasteiger partial charge in [-0.3, -0.25) is 0 Å². The summed E-state index contributed by atoms with van der Waals surface area (Å²) < 4.78 is 5.73. The number of aryl methyl sites for hydroxylation is 1. The molecule has 3 nitrogen and oxygen atoms in total. The summed E-state index contributed by atoms with van der Waals surface area (Å²) in [5.74, 6) is -0.197. The van der Waals surface area contributed by atoms with Crippen LogP contribution in [0.15, 0.2) is 35.7 Å². The maximum absolute atomic E-state index is 10.4. The summed E-state index contributed by atoms with van der Waals surface area (Å²) in [5, 5.41) is 11.1. The number of aliphatic carboxylic acids is 1. The zero-order chi connectivity index (χ0) is 14.5. The van der Waals surface area contributed by atoms with Gasteiger partial charge in [-0.2, -0.15) is 0 Å². The molecule has 20 heavy (non-hydrogen) atoms. The van der Waals surface area contributed by atoms with Gasteiger partial charge in [0.2, 0.25) is 0 Å². The molecule has 0 aliphatic rings. The van der Waals surface area contributed by atoms with Gasteiger partial charge in [-0.05, 0) is 47.7 Å². The lowest BCUT2D eigenvalue weighted by Crippen LogP contribution is -1.94. The normalized spacial score (nSPS) is 10.9. The second-order valence-corrected chi connectivity index (χ2v) is 5.65. The molecule has 0 spiro atoms. The van der Waals surface area contributed by atoms with Crippen LogP contribution < -0.4 is 4.74 Å². The van der Waals surface area contributed by atoms with Gasteiger partial charge in [0.05, 0.1) is 0 Å². The molecule has 0 aliphatic carbocycles. The third-order valence-corrected chi connectivity index (χ3v) is 3.78. The predicted octanol–water partition coefficient (Wildman–Crippen LogP) is 4.39. The van der Waals surface area contributed by atoms with Crippen LogP contribution in [0.5, 0.6) is 5.75 Å². The zero-order valence-corrected chi connectivity index (χ0v) is 12.4. The summed E-state index contributed by atoms with van der Waals surface area (Å²) in [4.78, 5) is 11.5. The maximum atomic E-state index is 10.4. The van der Waals surface area contributed by atoms with Gasteiger partial charge in [-0.1, -0.05) is 17.7 Å². The Kier molecular flexibility index (Phi) is 4.82. The van der Waals surface area contributed by atoms with Gasteiger partial charge >= 0.3 is 5.97 Å². The molecule has 0 bridgehead atoms. The number of carbonyl (C=O) groups is 1. The molecule has 0 aliphatic heterocycles. The minimum Gasteiger partial charge on any atom is -0.488 e. The fraction of sp³-hybridized carbons (Fsp3) is 0.133. The van der Waals surface area contributed by atoms with E-state index in [4.69, 9.17) is 21.4 Å². The minimum atomic E-state index is -0.955. The van der Waals surface area contributed by atoms with E-state index in [0.717, 1.165) is 27.8 Å². The number of ether oxygens (including phenoxy) is 1. The number of halogens is 1. The van der Waals surface area contributed by atoms with Crippen molar-refractivity contribution in [2.45, 2.75) is 13.5 Å². The molecule has 2 aromatic rings. The van der Waals surface area contributed by atoms with Gasteiger partial charge in [0, 0.05) is 16.0 Å². The molecular formula is C15H13ClO3S. The molecule has 5 heteroatoms. The highest BCUT2D eigenvalue weighted by atomic mass is 35.5. The van der Waals surface area contributed by atoms with E-state index in [2.05, 4.69) is 0 Å². The first-order valence-electron chi connectivity index (χ1n) is 5.92. The fourth-order valence-corrected chi connectivity index (χ4v) is 2.53. The van der Waals surface area contributed by atoms with Crippen LogP contribution in [0.1, 0.15) is 16.0 Å². The summed E-state index contributed by atoms with van der Waals surface area (Å²) in [6.45, 7) is 2.40. The monoisotopic (exact) mass is 308 g/mol. The Labute approximate surface area is 126 Å². The molecule has 0 amide bonds. The summed E-state index contributed by atoms with van der Waals surface area (Å²) in [6, 6.07) is 7.43. The van der Waals surface area contributed by atoms with Crippen LogP contribution in [-0.4, -0.2) is 11.1 Å². The van der Waals surface area contributed by atoms with Crippen molar-refractivity contribution in [2.24, 2.45) is 0 Å². The first-order valence-corrected chi connectivity index (χ1v) is 7.18. The van der Waals surface area contributed by atoms with Gasteiger partial charge in [-0.25, -0.2) is 4.79 Å². The van der Waals surface area contributed by atoms with Crippen LogP contribution in [-0.2, 0) is 11.4 Å². The standard InChI is InChI=1S/C15H13ClO3S/c1-10-2-4-12(16)7-14(10)19-8-13-6-11(9-20-13)3-5-15(17)18/h2-7,9H,8H2,1H3,(H,17,18). The highest BCUT2D eigenvalue weighted by Crippen LogP contribution is 2.25. The molecule has 0 radical (unpaired) electrons. The Bertz CT molecular complexity index is 646. The van der Waals surface area contributed by atoms with Gasteiger partial charge in [0.15, 0.2) is 0 Å². The molecule has 0 saturated carbocycles. The van der Waals surface area contributed by atoms with Crippen LogP contribution in [0.3, 0.4) is 0 Å². The Hall–Kier alpha value is -1.78. The largest absolute Gasteiger partial charge is 0.488 e. The average Bonchev–Trinajstić information content (AvgIpc) is 2.85. The van der Waals surface area contributed by atoms with E-state index in [1.165, 1.54) is 11.3 Å². The lowest BCUT2D eigenvalue weighted by atomic mass is 10.2. The second-order valence-electron chi connectivity index (χ2n) is 4.22. The number of thiophene rings is 1. The summed E-state index contributed by atoms with van der Waals surface area (Å²) in [7, 11) is 0. The van der Waals surface area contributed by atoms with E-state index in [-0.39, 0.29) is 0 Å². The lowest BCUT2D eigenvalue weighted by molar-refractivity contribution is -0.131. The molecule has 2 rings (SSSR count). The van der Waals surface area contributed by atoms with Gasteiger partial charge in [-0.15, -0.1) is 11.3 Å². The third kappa shape index (κ3) is 4.11. The molecule has 1 aromatic heterocycles. The Morgan fingerprint density at radius 3 is 3.00 bits per heavy atom. The van der Waals surface area contributed by atoms with Crippen molar-refractivity contribution >= 4 is 35.0 Å². The molecule has 0 atom stereocenters. The van der Waals surface area contributed by atoms with Crippen molar-refractivity contribution in [3.8, 4) is 5.75 Å². The van der Waals surface area contributed by atoms with E-state index in [1.807, 2.05) is 30.5 Å². The van der Waals surface area contributed by atoms with Gasteiger partial charge in [0.1, 0.15) is 12.4 Å². The van der Waals surface area contributed by atoms with Gasteiger partial charge in [0.25, 0.3) is 0 Å². The van der Waals surface area contributed by atoms with Crippen molar-refractivity contribution < 1.29 is 14.6 Å². The maximum Gasteiger partial charge on any atom is 0.328 e. The first kappa shape index (κ1) is 14.6. The van der Waals surface area contributed by atoms with Crippen molar-refractivity contribution in [1.82, 2.24) is 0 Å². The Morgan fingerprint density at radius 1 is 1.45 bits per heavy atom. The Balaban J connectivity index is 2.01. The molecule has 1 N–H and O–H groups in total. The molecular weight excluding hydrogens is 296 g/mol. The SMILES string of the molecule is Cc1ccc(Cl)cc1OCc1cc(C=CC(=O)O)cs1. The predicted molar refractivity (Wildman–Crippen MR) is 81.5 cm³/mol. The van der Waals surface area contributed by atoms with E-state index < -0.39 is 5.97 Å². The number of carboxylic acids is 1. The highest BCUT2D eigenvalue weighted by molar-refractivity contribution is 7.10. The molecule has 1 heterocycles. The van der Waals surface area contributed by atoms with Crippen molar-refractivity contribution in [3.63, 3.8) is 0 Å². The minimum absolute atomic E-state index is 0.437. The second kappa shape index (κ2) is 6.59. The van der Waals surface area contributed by atoms with Crippen molar-refractivity contribution in [1.29, 1.82) is 0 Å². The third-order valence-electron chi connectivity index (χ3n) is 2.61. The zero-order valence-electron chi connectivity index (χ0n) is 10.8. The number of carboxylic acid groups (broad SMARTS) is 1. The molecule has 104 valence electrons. The molecule has 0 unspecified atom stereocenters. The van der Waals surface area contributed by atoms with Gasteiger partial charge < -0.3 is 9.84 Å². The number of hydrogen-bond acceptors (Lipinski definition) is 3. The van der Waals surface area contributed by atoms with E-state index in [0.29, 0.717) is 11.6 Å². The number of hydrogen-bond donors (Lipinski definition) is 1. The quantitative estimate of drug-likeness (QED) is 0.833. The van der Waals surface area contributed by atoms with Crippen LogP contribution in [0.4, 0.5) is 0 Å². The van der Waals surface area contributed by atoms with Crippen molar-refractivity contribution in [3.05, 3.63) is 56.7 Å². The summed E-state index contributed by atoms with van der Waals surface area (Å²) >= 11 is 7.46. The fourth-order valence-electron chi connectivity index (χ4n) is 1.61. The summed E-state index contributed by atoms with van der Waals surface area (Å²) in [5.41, 5.74) is 1.88. The van der Waals surface area contributed by atoms with Crippen LogP contribution in [0.25, 0.3) is 6.08 Å². The van der Waals surface area contributed by atoms with Crippen LogP contribution in [0.2, 0.25) is 5.02 Å². The van der Waals surface area contributed by atoms with E-state index >= 15 is 0 Å². The van der Waals surface area contributed by atoms with Crippen molar-refractivity contribution in [2.75, 3.05) is 0 Å². The lowest BCUT2D eigenvalue weighted by Gasteiger charge is -2.08. The van der Waals surface area contributed by atoms with E-state index in [9.17, 15) is 4.79 Å². The highest BCUT2D eigenvalue weighted by Gasteiger charge is 2.03. The van der Waals surface area contributed by atoms with Crippen LogP contribution in [0, 0.1) is 6.92 Å². The Morgan fingerprint density at radius 2 is 2.25 bits per heavy atom. The number of benzene rings is 1. The van der Waals surface area contributed by atoms with Crippen LogP contribution >= 0.6 is 22.9 Å². The smallest absolute Gasteiger partial charge is 0.328 e. The average molecular weight is 309 g/mol. The summed E-state index contributed by atoms with van der Waals surface area (Å²) in [6.07, 6.45) is 2.68.